The molecule has 0 spiro atoms. The van der Waals surface area contributed by atoms with Crippen LogP contribution in [0.2, 0.25) is 0 Å². The van der Waals surface area contributed by atoms with Gasteiger partial charge < -0.3 is 10.4 Å². The highest BCUT2D eigenvalue weighted by Crippen LogP contribution is 2.32. The minimum absolute atomic E-state index is 0.00741. The maximum Gasteiger partial charge on any atom is 0.288 e. The fraction of sp³-hybridized carbons (Fsp3) is 0.267. The molecule has 1 unspecified atom stereocenters. The Labute approximate surface area is 135 Å². The average Bonchev–Trinajstić information content (AvgIpc) is 2.93. The Morgan fingerprint density at radius 1 is 1.36 bits per heavy atom. The van der Waals surface area contributed by atoms with Crippen LogP contribution in [0.1, 0.15) is 22.2 Å². The Morgan fingerprint density at radius 2 is 2.05 bits per heavy atom. The molecule has 1 amide bonds. The number of halogens is 2. The lowest BCUT2D eigenvalue weighted by Crippen LogP contribution is -2.38. The average molecular weight is 343 g/mol. The van der Waals surface area contributed by atoms with Gasteiger partial charge in [-0.2, -0.15) is 8.78 Å². The number of thiophene rings is 1. The first-order valence-corrected chi connectivity index (χ1v) is 8.24. The van der Waals surface area contributed by atoms with E-state index in [1.807, 2.05) is 6.07 Å². The number of benzene rings is 1. The van der Waals surface area contributed by atoms with Gasteiger partial charge in [-0.05, 0) is 23.9 Å². The fourth-order valence-corrected chi connectivity index (χ4v) is 3.50. The zero-order valence-corrected chi connectivity index (χ0v) is 13.4. The van der Waals surface area contributed by atoms with Crippen LogP contribution in [0.15, 0.2) is 46.7 Å². The Hall–Kier alpha value is -1.44. The molecule has 0 aliphatic heterocycles. The number of nitrogens with one attached hydrogen (secondary N) is 1. The van der Waals surface area contributed by atoms with Gasteiger partial charge in [0.05, 0.1) is 6.54 Å². The quantitative estimate of drug-likeness (QED) is 0.786. The van der Waals surface area contributed by atoms with Crippen LogP contribution in [0.3, 0.4) is 0 Å². The predicted molar refractivity (Wildman–Crippen MR) is 84.5 cm³/mol. The molecule has 2 aromatic rings. The number of amides is 1. The highest BCUT2D eigenvalue weighted by molar-refractivity contribution is 7.99. The van der Waals surface area contributed by atoms with Crippen LogP contribution in [0.5, 0.6) is 0 Å². The number of aliphatic hydroxyl groups is 1. The standard InChI is InChI=1S/C15H15F2NO2S2/c1-15(20,10-5-3-2-4-6-10)9-18-13(19)12-11(7-8-21-12)22-14(16)17/h2-8,14,20H,9H2,1H3,(H,18,19). The Morgan fingerprint density at radius 3 is 2.68 bits per heavy atom. The second-order valence-electron chi connectivity index (χ2n) is 4.82. The van der Waals surface area contributed by atoms with Gasteiger partial charge in [0, 0.05) is 4.90 Å². The first-order chi connectivity index (χ1) is 10.4. The molecular formula is C15H15F2NO2S2. The Bertz CT molecular complexity index is 629. The number of carbonyl (C=O) groups is 1. The maximum atomic E-state index is 12.4. The largest absolute Gasteiger partial charge is 0.384 e. The third-order valence-corrected chi connectivity index (χ3v) is 4.85. The molecule has 1 aromatic heterocycles. The first kappa shape index (κ1) is 16.9. The maximum absolute atomic E-state index is 12.4. The van der Waals surface area contributed by atoms with Gasteiger partial charge in [0.2, 0.25) is 0 Å². The Kier molecular flexibility index (Phi) is 5.55. The number of carbonyl (C=O) groups excluding carboxylic acids is 1. The van der Waals surface area contributed by atoms with Crippen molar-refractivity contribution in [3.8, 4) is 0 Å². The third kappa shape index (κ3) is 4.28. The predicted octanol–water partition coefficient (Wildman–Crippen LogP) is 3.70. The van der Waals surface area contributed by atoms with E-state index in [-0.39, 0.29) is 16.3 Å². The third-order valence-electron chi connectivity index (χ3n) is 3.04. The summed E-state index contributed by atoms with van der Waals surface area (Å²) in [5, 5.41) is 14.6. The molecule has 0 saturated carbocycles. The van der Waals surface area contributed by atoms with E-state index in [2.05, 4.69) is 5.32 Å². The monoisotopic (exact) mass is 343 g/mol. The normalized spacial score (nSPS) is 13.9. The summed E-state index contributed by atoms with van der Waals surface area (Å²) in [4.78, 5) is 12.6. The first-order valence-electron chi connectivity index (χ1n) is 6.48. The molecule has 0 bridgehead atoms. The van der Waals surface area contributed by atoms with Gasteiger partial charge in [-0.15, -0.1) is 11.3 Å². The lowest BCUT2D eigenvalue weighted by atomic mass is 9.96. The minimum Gasteiger partial charge on any atom is -0.384 e. The molecule has 22 heavy (non-hydrogen) atoms. The molecule has 0 saturated heterocycles. The van der Waals surface area contributed by atoms with Crippen molar-refractivity contribution in [2.75, 3.05) is 6.54 Å². The molecule has 1 atom stereocenters. The van der Waals surface area contributed by atoms with Gasteiger partial charge in [0.1, 0.15) is 10.5 Å². The SMILES string of the molecule is CC(O)(CNC(=O)c1sccc1SC(F)F)c1ccccc1. The van der Waals surface area contributed by atoms with E-state index in [4.69, 9.17) is 0 Å². The number of alkyl halides is 2. The summed E-state index contributed by atoms with van der Waals surface area (Å²) < 4.78 is 24.9. The highest BCUT2D eigenvalue weighted by Gasteiger charge is 2.25. The number of rotatable bonds is 6. The van der Waals surface area contributed by atoms with E-state index in [9.17, 15) is 18.7 Å². The van der Waals surface area contributed by atoms with E-state index in [1.54, 1.807) is 36.6 Å². The zero-order valence-electron chi connectivity index (χ0n) is 11.8. The van der Waals surface area contributed by atoms with Gasteiger partial charge >= 0.3 is 0 Å². The van der Waals surface area contributed by atoms with Crippen molar-refractivity contribution in [2.24, 2.45) is 0 Å². The summed E-state index contributed by atoms with van der Waals surface area (Å²) in [5.41, 5.74) is -0.562. The molecule has 1 heterocycles. The molecule has 2 rings (SSSR count). The molecule has 118 valence electrons. The molecule has 3 nitrogen and oxygen atoms in total. The van der Waals surface area contributed by atoms with Crippen molar-refractivity contribution < 1.29 is 18.7 Å². The number of hydrogen-bond donors (Lipinski definition) is 2. The van der Waals surface area contributed by atoms with Crippen LogP contribution in [-0.2, 0) is 5.60 Å². The molecule has 0 radical (unpaired) electrons. The van der Waals surface area contributed by atoms with Crippen LogP contribution < -0.4 is 5.32 Å². The summed E-state index contributed by atoms with van der Waals surface area (Å²) in [6, 6.07) is 10.4. The van der Waals surface area contributed by atoms with E-state index >= 15 is 0 Å². The molecule has 7 heteroatoms. The summed E-state index contributed by atoms with van der Waals surface area (Å²) in [7, 11) is 0. The van der Waals surface area contributed by atoms with Crippen molar-refractivity contribution >= 4 is 29.0 Å². The van der Waals surface area contributed by atoms with E-state index in [0.29, 0.717) is 17.3 Å². The van der Waals surface area contributed by atoms with Crippen LogP contribution in [0.4, 0.5) is 8.78 Å². The minimum atomic E-state index is -2.58. The van der Waals surface area contributed by atoms with Gasteiger partial charge in [0.15, 0.2) is 0 Å². The van der Waals surface area contributed by atoms with Crippen LogP contribution in [-0.4, -0.2) is 23.3 Å². The van der Waals surface area contributed by atoms with Crippen molar-refractivity contribution in [3.63, 3.8) is 0 Å². The van der Waals surface area contributed by atoms with Crippen molar-refractivity contribution in [1.29, 1.82) is 0 Å². The van der Waals surface area contributed by atoms with Gasteiger partial charge in [-0.3, -0.25) is 4.79 Å². The Balaban J connectivity index is 2.03. The highest BCUT2D eigenvalue weighted by atomic mass is 32.2. The summed E-state index contributed by atoms with van der Waals surface area (Å²) >= 11 is 1.44. The molecule has 2 N–H and O–H groups in total. The zero-order chi connectivity index (χ0) is 16.2. The molecule has 0 aliphatic rings. The lowest BCUT2D eigenvalue weighted by molar-refractivity contribution is 0.0527. The summed E-state index contributed by atoms with van der Waals surface area (Å²) in [5.74, 6) is -3.04. The van der Waals surface area contributed by atoms with Gasteiger partial charge in [0.25, 0.3) is 11.7 Å². The van der Waals surface area contributed by atoms with E-state index in [1.165, 1.54) is 6.07 Å². The second-order valence-corrected chi connectivity index (χ2v) is 6.76. The van der Waals surface area contributed by atoms with Crippen molar-refractivity contribution in [1.82, 2.24) is 5.32 Å². The fourth-order valence-electron chi connectivity index (χ4n) is 1.88. The molecule has 1 aromatic carbocycles. The smallest absolute Gasteiger partial charge is 0.288 e. The van der Waals surface area contributed by atoms with Crippen LogP contribution in [0.25, 0.3) is 0 Å². The topological polar surface area (TPSA) is 49.3 Å². The summed E-state index contributed by atoms with van der Waals surface area (Å²) in [6.07, 6.45) is 0. The summed E-state index contributed by atoms with van der Waals surface area (Å²) in [6.45, 7) is 1.58. The number of thioether (sulfide) groups is 1. The molecule has 0 fully saturated rings. The van der Waals surface area contributed by atoms with Crippen LogP contribution >= 0.6 is 23.1 Å². The molecular weight excluding hydrogens is 328 g/mol. The van der Waals surface area contributed by atoms with E-state index < -0.39 is 17.3 Å². The van der Waals surface area contributed by atoms with Gasteiger partial charge in [-0.1, -0.05) is 42.1 Å². The van der Waals surface area contributed by atoms with Crippen molar-refractivity contribution in [3.05, 3.63) is 52.2 Å². The lowest BCUT2D eigenvalue weighted by Gasteiger charge is -2.24. The van der Waals surface area contributed by atoms with Crippen LogP contribution in [0, 0.1) is 0 Å². The van der Waals surface area contributed by atoms with Gasteiger partial charge in [-0.25, -0.2) is 0 Å². The van der Waals surface area contributed by atoms with E-state index in [0.717, 1.165) is 11.3 Å². The second kappa shape index (κ2) is 7.21. The van der Waals surface area contributed by atoms with Crippen molar-refractivity contribution in [2.45, 2.75) is 23.2 Å². The number of hydrogen-bond acceptors (Lipinski definition) is 4. The molecule has 0 aliphatic carbocycles.